The van der Waals surface area contributed by atoms with Gasteiger partial charge in [0.1, 0.15) is 6.35 Å². The third-order valence-electron chi connectivity index (χ3n) is 0.772. The Kier molecular flexibility index (Phi) is 5.36. The number of rotatable bonds is 5. The van der Waals surface area contributed by atoms with Crippen LogP contribution in [-0.2, 0) is 13.8 Å². The fourth-order valence-corrected chi connectivity index (χ4v) is 1.79. The van der Waals surface area contributed by atoms with Crippen LogP contribution in [0.3, 0.4) is 0 Å². The van der Waals surface area contributed by atoms with Gasteiger partial charge in [-0.15, -0.1) is 0 Å². The standard InChI is InChI=1S/C5H12ClO3P/c1-3-8-5-10(6,7)9-4-2/h3-5H2,1-2H3. The Labute approximate surface area is 65.9 Å². The van der Waals surface area contributed by atoms with Crippen LogP contribution in [0.2, 0.25) is 0 Å². The van der Waals surface area contributed by atoms with E-state index in [1.165, 1.54) is 0 Å². The summed E-state index contributed by atoms with van der Waals surface area (Å²) >= 11 is 5.42. The van der Waals surface area contributed by atoms with Crippen molar-refractivity contribution in [1.29, 1.82) is 0 Å². The van der Waals surface area contributed by atoms with Gasteiger partial charge in [-0.2, -0.15) is 0 Å². The van der Waals surface area contributed by atoms with Gasteiger partial charge in [-0.25, -0.2) is 0 Å². The van der Waals surface area contributed by atoms with Gasteiger partial charge in [0.25, 0.3) is 0 Å². The summed E-state index contributed by atoms with van der Waals surface area (Å²) in [5, 5.41) is 0. The van der Waals surface area contributed by atoms with Crippen molar-refractivity contribution in [2.75, 3.05) is 19.6 Å². The van der Waals surface area contributed by atoms with Crippen LogP contribution in [0.1, 0.15) is 13.8 Å². The van der Waals surface area contributed by atoms with E-state index in [4.69, 9.17) is 20.5 Å². The molecular formula is C5H12ClO3P. The van der Waals surface area contributed by atoms with Crippen LogP contribution in [0.25, 0.3) is 0 Å². The van der Waals surface area contributed by atoms with Crippen LogP contribution in [0.4, 0.5) is 0 Å². The van der Waals surface area contributed by atoms with Crippen molar-refractivity contribution in [2.24, 2.45) is 0 Å². The predicted molar refractivity (Wildman–Crippen MR) is 41.6 cm³/mol. The van der Waals surface area contributed by atoms with Crippen LogP contribution in [0.15, 0.2) is 0 Å². The molecule has 0 aromatic carbocycles. The molecule has 0 amide bonds. The zero-order chi connectivity index (χ0) is 8.04. The second kappa shape index (κ2) is 5.14. The lowest BCUT2D eigenvalue weighted by Crippen LogP contribution is -1.94. The Morgan fingerprint density at radius 2 is 2.00 bits per heavy atom. The second-order valence-electron chi connectivity index (χ2n) is 1.63. The maximum Gasteiger partial charge on any atom is 0.315 e. The second-order valence-corrected chi connectivity index (χ2v) is 4.87. The van der Waals surface area contributed by atoms with E-state index in [1.54, 1.807) is 6.92 Å². The largest absolute Gasteiger partial charge is 0.370 e. The van der Waals surface area contributed by atoms with Crippen LogP contribution in [0, 0.1) is 0 Å². The highest BCUT2D eigenvalue weighted by Gasteiger charge is 2.17. The zero-order valence-electron chi connectivity index (χ0n) is 6.17. The third kappa shape index (κ3) is 5.24. The van der Waals surface area contributed by atoms with E-state index in [0.29, 0.717) is 13.2 Å². The Morgan fingerprint density at radius 3 is 2.40 bits per heavy atom. The quantitative estimate of drug-likeness (QED) is 0.619. The average molecular weight is 187 g/mol. The first-order valence-corrected chi connectivity index (χ1v) is 5.85. The summed E-state index contributed by atoms with van der Waals surface area (Å²) in [6, 6.07) is 0. The third-order valence-corrected chi connectivity index (χ3v) is 2.49. The number of ether oxygens (including phenoxy) is 1. The van der Waals surface area contributed by atoms with Crippen molar-refractivity contribution in [3.63, 3.8) is 0 Å². The number of hydrogen-bond donors (Lipinski definition) is 0. The average Bonchev–Trinajstić information content (AvgIpc) is 1.84. The first-order chi connectivity index (χ1) is 4.62. The maximum absolute atomic E-state index is 11.0. The minimum atomic E-state index is -2.96. The summed E-state index contributed by atoms with van der Waals surface area (Å²) in [7, 11) is 0. The van der Waals surface area contributed by atoms with E-state index in [2.05, 4.69) is 0 Å². The summed E-state index contributed by atoms with van der Waals surface area (Å²) in [5.74, 6) is 0. The SMILES string of the molecule is CCOCP(=O)(Cl)OCC. The molecule has 1 atom stereocenters. The van der Waals surface area contributed by atoms with Gasteiger partial charge in [0.05, 0.1) is 6.61 Å². The van der Waals surface area contributed by atoms with Crippen molar-refractivity contribution in [3.8, 4) is 0 Å². The topological polar surface area (TPSA) is 35.5 Å². The maximum atomic E-state index is 11.0. The van der Waals surface area contributed by atoms with Crippen molar-refractivity contribution in [2.45, 2.75) is 13.8 Å². The molecule has 0 aliphatic carbocycles. The first kappa shape index (κ1) is 10.4. The Hall–Kier alpha value is 0.440. The van der Waals surface area contributed by atoms with Gasteiger partial charge in [-0.3, -0.25) is 4.57 Å². The van der Waals surface area contributed by atoms with Crippen molar-refractivity contribution in [1.82, 2.24) is 0 Å². The van der Waals surface area contributed by atoms with E-state index in [-0.39, 0.29) is 6.35 Å². The van der Waals surface area contributed by atoms with E-state index in [0.717, 1.165) is 0 Å². The van der Waals surface area contributed by atoms with Crippen LogP contribution < -0.4 is 0 Å². The molecule has 0 saturated heterocycles. The molecule has 0 fully saturated rings. The van der Waals surface area contributed by atoms with Gasteiger partial charge in [-0.05, 0) is 25.1 Å². The normalized spacial score (nSPS) is 16.7. The zero-order valence-corrected chi connectivity index (χ0v) is 7.82. The molecule has 62 valence electrons. The molecule has 0 aliphatic heterocycles. The lowest BCUT2D eigenvalue weighted by atomic mass is 10.9. The number of halogens is 1. The van der Waals surface area contributed by atoms with Crippen molar-refractivity contribution >= 4 is 18.0 Å². The molecule has 1 unspecified atom stereocenters. The molecule has 0 saturated carbocycles. The molecule has 0 spiro atoms. The minimum absolute atomic E-state index is 0.00110. The molecule has 0 bridgehead atoms. The van der Waals surface area contributed by atoms with Crippen LogP contribution in [-0.4, -0.2) is 19.6 Å². The molecule has 0 aromatic rings. The molecular weight excluding hydrogens is 174 g/mol. The molecule has 0 radical (unpaired) electrons. The summed E-state index contributed by atoms with van der Waals surface area (Å²) in [6.45, 7) is 1.45. The van der Waals surface area contributed by atoms with Gasteiger partial charge < -0.3 is 9.26 Å². The monoisotopic (exact) mass is 186 g/mol. The van der Waals surface area contributed by atoms with Gasteiger partial charge in [0.15, 0.2) is 0 Å². The minimum Gasteiger partial charge on any atom is -0.370 e. The Balaban J connectivity index is 3.53. The summed E-state index contributed by atoms with van der Waals surface area (Å²) in [6.07, 6.45) is -0.00110. The van der Waals surface area contributed by atoms with Crippen molar-refractivity contribution < 1.29 is 13.8 Å². The van der Waals surface area contributed by atoms with Gasteiger partial charge in [0.2, 0.25) is 0 Å². The molecule has 0 rings (SSSR count). The molecule has 3 nitrogen and oxygen atoms in total. The van der Waals surface area contributed by atoms with E-state index < -0.39 is 6.72 Å². The molecule has 0 heterocycles. The van der Waals surface area contributed by atoms with Crippen LogP contribution >= 0.6 is 18.0 Å². The highest BCUT2D eigenvalue weighted by atomic mass is 35.7. The number of hydrogen-bond acceptors (Lipinski definition) is 3. The molecule has 0 aromatic heterocycles. The molecule has 5 heteroatoms. The summed E-state index contributed by atoms with van der Waals surface area (Å²) < 4.78 is 20.5. The van der Waals surface area contributed by atoms with Gasteiger partial charge >= 0.3 is 6.72 Å². The van der Waals surface area contributed by atoms with Crippen LogP contribution in [0.5, 0.6) is 0 Å². The molecule has 0 N–H and O–H groups in total. The molecule has 0 aliphatic rings. The first-order valence-electron chi connectivity index (χ1n) is 3.13. The predicted octanol–water partition coefficient (Wildman–Crippen LogP) is 2.45. The van der Waals surface area contributed by atoms with E-state index in [9.17, 15) is 4.57 Å². The fourth-order valence-electron chi connectivity index (χ4n) is 0.430. The van der Waals surface area contributed by atoms with Gasteiger partial charge in [0, 0.05) is 6.61 Å². The molecule has 10 heavy (non-hydrogen) atoms. The Morgan fingerprint density at radius 1 is 1.40 bits per heavy atom. The summed E-state index contributed by atoms with van der Waals surface area (Å²) in [4.78, 5) is 0. The lowest BCUT2D eigenvalue weighted by Gasteiger charge is -2.08. The van der Waals surface area contributed by atoms with E-state index >= 15 is 0 Å². The highest BCUT2D eigenvalue weighted by molar-refractivity contribution is 7.85. The summed E-state index contributed by atoms with van der Waals surface area (Å²) in [5.41, 5.74) is 0. The Bertz CT molecular complexity index is 128. The fraction of sp³-hybridized carbons (Fsp3) is 1.00. The van der Waals surface area contributed by atoms with Gasteiger partial charge in [-0.1, -0.05) is 0 Å². The highest BCUT2D eigenvalue weighted by Crippen LogP contribution is 2.51. The smallest absolute Gasteiger partial charge is 0.315 e. The van der Waals surface area contributed by atoms with Crippen molar-refractivity contribution in [3.05, 3.63) is 0 Å². The lowest BCUT2D eigenvalue weighted by molar-refractivity contribution is 0.179. The van der Waals surface area contributed by atoms with E-state index in [1.807, 2.05) is 6.92 Å².